The summed E-state index contributed by atoms with van der Waals surface area (Å²) in [6, 6.07) is 19.8. The molecule has 0 radical (unpaired) electrons. The van der Waals surface area contributed by atoms with Crippen molar-refractivity contribution in [2.45, 2.75) is 4.21 Å². The number of fused-ring (bicyclic) bond motifs is 1. The van der Waals surface area contributed by atoms with Crippen molar-refractivity contribution >= 4 is 38.0 Å². The van der Waals surface area contributed by atoms with Gasteiger partial charge in [0, 0.05) is 29.1 Å². The summed E-state index contributed by atoms with van der Waals surface area (Å²) in [5.41, 5.74) is 4.52. The van der Waals surface area contributed by atoms with Gasteiger partial charge in [0.05, 0.1) is 34.5 Å². The maximum absolute atomic E-state index is 13.5. The fourth-order valence-electron chi connectivity index (χ4n) is 4.52. The Balaban J connectivity index is 1.32. The number of aromatic amines is 1. The van der Waals surface area contributed by atoms with Crippen LogP contribution in [0.15, 0.2) is 95.6 Å². The molecule has 42 heavy (non-hydrogen) atoms. The number of likely N-dealkylation sites (N-methyl/N-ethyl adjacent to an activating group) is 1. The fourth-order valence-corrected chi connectivity index (χ4v) is 7.17. The van der Waals surface area contributed by atoms with Gasteiger partial charge in [0.2, 0.25) is 0 Å². The van der Waals surface area contributed by atoms with Gasteiger partial charge in [0.25, 0.3) is 10.0 Å². The molecule has 12 heteroatoms. The number of H-pyrrole nitrogens is 1. The molecule has 0 saturated heterocycles. The zero-order valence-corrected chi connectivity index (χ0v) is 23.6. The number of carbonyl (C=O) groups is 1. The summed E-state index contributed by atoms with van der Waals surface area (Å²) in [4.78, 5) is 22.0. The Labute approximate surface area is 243 Å². The molecule has 0 spiro atoms. The predicted octanol–water partition coefficient (Wildman–Crippen LogP) is 6.20. The average Bonchev–Trinajstić information content (AvgIpc) is 3.68. The first-order chi connectivity index (χ1) is 20.2. The molecule has 0 aliphatic carbocycles. The Morgan fingerprint density at radius 3 is 2.33 bits per heavy atom. The number of nitrogens with one attached hydrogen (secondary N) is 1. The maximum Gasteiger partial charge on any atom is 0.252 e. The summed E-state index contributed by atoms with van der Waals surface area (Å²) in [7, 11) is -2.67. The number of sulfonamides is 1. The highest BCUT2D eigenvalue weighted by Gasteiger charge is 2.26. The molecular weight excluding hydrogens is 580 g/mol. The lowest BCUT2D eigenvalue weighted by Gasteiger charge is -2.15. The first-order valence-corrected chi connectivity index (χ1v) is 14.9. The number of hydrogen-bond donors (Lipinski definition) is 1. The van der Waals surface area contributed by atoms with Crippen molar-refractivity contribution in [1.29, 1.82) is 0 Å². The largest absolute Gasteiger partial charge is 0.293 e. The van der Waals surface area contributed by atoms with E-state index in [1.54, 1.807) is 24.4 Å². The van der Waals surface area contributed by atoms with Gasteiger partial charge in [-0.2, -0.15) is 9.40 Å². The number of rotatable bonds is 8. The molecule has 0 aliphatic heterocycles. The van der Waals surface area contributed by atoms with Gasteiger partial charge < -0.3 is 0 Å². The Morgan fingerprint density at radius 2 is 1.60 bits per heavy atom. The van der Waals surface area contributed by atoms with Crippen molar-refractivity contribution in [3.63, 3.8) is 0 Å². The highest BCUT2D eigenvalue weighted by atomic mass is 32.2. The predicted molar refractivity (Wildman–Crippen MR) is 156 cm³/mol. The van der Waals surface area contributed by atoms with Gasteiger partial charge in [-0.3, -0.25) is 9.89 Å². The zero-order chi connectivity index (χ0) is 29.4. The quantitative estimate of drug-likeness (QED) is 0.208. The Morgan fingerprint density at radius 1 is 0.905 bits per heavy atom. The molecule has 0 unspecified atom stereocenters. The lowest BCUT2D eigenvalue weighted by Crippen LogP contribution is -2.31. The lowest BCUT2D eigenvalue weighted by atomic mass is 9.99. The molecule has 210 valence electrons. The first-order valence-electron chi connectivity index (χ1n) is 12.6. The van der Waals surface area contributed by atoms with Gasteiger partial charge in [-0.15, -0.1) is 11.3 Å². The molecule has 1 N–H and O–H groups in total. The second-order valence-electron chi connectivity index (χ2n) is 9.43. The summed E-state index contributed by atoms with van der Waals surface area (Å²) in [5, 5.41) is 7.87. The number of benzene rings is 3. The van der Waals surface area contributed by atoms with Gasteiger partial charge in [-0.05, 0) is 78.4 Å². The Hall–Kier alpha value is -4.65. The van der Waals surface area contributed by atoms with Crippen LogP contribution in [0, 0.1) is 11.6 Å². The first kappa shape index (κ1) is 27.5. The molecule has 0 saturated carbocycles. The Kier molecular flexibility index (Phi) is 7.19. The van der Waals surface area contributed by atoms with Crippen molar-refractivity contribution in [3.05, 3.63) is 109 Å². The number of carbonyl (C=O) groups excluding carboxylic acids is 1. The smallest absolute Gasteiger partial charge is 0.252 e. The fraction of sp³-hybridized carbons (Fsp3) is 0.0667. The minimum atomic E-state index is -4.00. The monoisotopic (exact) mass is 601 g/mol. The minimum Gasteiger partial charge on any atom is -0.293 e. The average molecular weight is 602 g/mol. The third-order valence-electron chi connectivity index (χ3n) is 6.73. The molecule has 0 bridgehead atoms. The highest BCUT2D eigenvalue weighted by Crippen LogP contribution is 2.37. The minimum absolute atomic E-state index is 0.0447. The topological polar surface area (TPSA) is 109 Å². The number of thiophene rings is 1. The summed E-state index contributed by atoms with van der Waals surface area (Å²) in [6.45, 7) is -0.401. The standard InChI is InChI=1S/C30H21F2N5O3S2/c1-37(16-26(38)18-2-7-21(31)8-3-18)42(39,40)28-13-12-27(41-28)30-23-14-20(6-11-25(23)33-17-34-30)24-15-35-36-29(24)19-4-9-22(32)10-5-19/h2-15,17H,16H2,1H3,(H,35,36). The molecule has 3 aromatic heterocycles. The molecule has 0 aliphatic rings. The second-order valence-corrected chi connectivity index (χ2v) is 12.8. The van der Waals surface area contributed by atoms with Crippen molar-refractivity contribution in [3.8, 4) is 33.0 Å². The summed E-state index contributed by atoms with van der Waals surface area (Å²) in [6.07, 6.45) is 3.10. The third kappa shape index (κ3) is 5.22. The molecule has 8 nitrogen and oxygen atoms in total. The molecule has 3 aromatic carbocycles. The van der Waals surface area contributed by atoms with Crippen LogP contribution in [0.4, 0.5) is 8.78 Å². The number of aromatic nitrogens is 4. The maximum atomic E-state index is 13.5. The lowest BCUT2D eigenvalue weighted by molar-refractivity contribution is 0.0973. The molecule has 3 heterocycles. The molecule has 6 aromatic rings. The number of nitrogens with zero attached hydrogens (tertiary/aromatic N) is 4. The number of ketones is 1. The number of halogens is 2. The van der Waals surface area contributed by atoms with E-state index >= 15 is 0 Å². The molecule has 0 atom stereocenters. The SMILES string of the molecule is CN(CC(=O)c1ccc(F)cc1)S(=O)(=O)c1ccc(-c2ncnc3ccc(-c4cn[nH]c4-c4ccc(F)cc4)cc23)s1. The van der Waals surface area contributed by atoms with E-state index in [9.17, 15) is 22.0 Å². The summed E-state index contributed by atoms with van der Waals surface area (Å²) < 4.78 is 54.4. The van der Waals surface area contributed by atoms with Gasteiger partial charge in [0.1, 0.15) is 22.2 Å². The van der Waals surface area contributed by atoms with Crippen LogP contribution in [0.5, 0.6) is 0 Å². The van der Waals surface area contributed by atoms with Crippen LogP contribution < -0.4 is 0 Å². The number of Topliss-reactive ketones (excluding diaryl/α,β-unsaturated/α-hetero) is 1. The second kappa shape index (κ2) is 11.0. The summed E-state index contributed by atoms with van der Waals surface area (Å²) in [5.74, 6) is -1.28. The van der Waals surface area contributed by atoms with E-state index in [1.165, 1.54) is 43.7 Å². The normalized spacial score (nSPS) is 11.8. The van der Waals surface area contributed by atoms with Crippen molar-refractivity contribution < 1.29 is 22.0 Å². The van der Waals surface area contributed by atoms with Gasteiger partial charge in [-0.1, -0.05) is 6.07 Å². The summed E-state index contributed by atoms with van der Waals surface area (Å²) >= 11 is 1.03. The highest BCUT2D eigenvalue weighted by molar-refractivity contribution is 7.91. The van der Waals surface area contributed by atoms with E-state index in [4.69, 9.17) is 0 Å². The Bertz CT molecular complexity index is 2040. The molecular formula is C30H21F2N5O3S2. The number of hydrogen-bond acceptors (Lipinski definition) is 7. The van der Waals surface area contributed by atoms with Crippen LogP contribution in [-0.4, -0.2) is 52.3 Å². The van der Waals surface area contributed by atoms with E-state index < -0.39 is 28.2 Å². The van der Waals surface area contributed by atoms with Crippen LogP contribution in [0.3, 0.4) is 0 Å². The van der Waals surface area contributed by atoms with Crippen molar-refractivity contribution in [2.24, 2.45) is 0 Å². The van der Waals surface area contributed by atoms with Crippen LogP contribution in [0.1, 0.15) is 10.4 Å². The van der Waals surface area contributed by atoms with Gasteiger partial charge in [0.15, 0.2) is 5.78 Å². The third-order valence-corrected chi connectivity index (χ3v) is 10.1. The van der Waals surface area contributed by atoms with E-state index in [1.807, 2.05) is 18.2 Å². The molecule has 0 amide bonds. The van der Waals surface area contributed by atoms with E-state index in [-0.39, 0.29) is 15.6 Å². The van der Waals surface area contributed by atoms with E-state index in [0.29, 0.717) is 21.5 Å². The van der Waals surface area contributed by atoms with Crippen molar-refractivity contribution in [2.75, 3.05) is 13.6 Å². The van der Waals surface area contributed by atoms with E-state index in [0.717, 1.165) is 50.2 Å². The van der Waals surface area contributed by atoms with Crippen LogP contribution in [0.2, 0.25) is 0 Å². The van der Waals surface area contributed by atoms with Crippen molar-refractivity contribution in [1.82, 2.24) is 24.5 Å². The van der Waals surface area contributed by atoms with Gasteiger partial charge >= 0.3 is 0 Å². The molecule has 0 fully saturated rings. The zero-order valence-electron chi connectivity index (χ0n) is 22.0. The van der Waals surface area contributed by atoms with Crippen LogP contribution >= 0.6 is 11.3 Å². The van der Waals surface area contributed by atoms with Gasteiger partial charge in [-0.25, -0.2) is 27.2 Å². The van der Waals surface area contributed by atoms with Crippen LogP contribution in [0.25, 0.3) is 43.9 Å². The van der Waals surface area contributed by atoms with Crippen LogP contribution in [-0.2, 0) is 10.0 Å². The van der Waals surface area contributed by atoms with E-state index in [2.05, 4.69) is 20.2 Å². The molecule has 6 rings (SSSR count).